The molecule has 0 aliphatic heterocycles. The zero-order valence-corrected chi connectivity index (χ0v) is 20.8. The van der Waals surface area contributed by atoms with Gasteiger partial charge in [0.05, 0.1) is 23.7 Å². The summed E-state index contributed by atoms with van der Waals surface area (Å²) in [6, 6.07) is 1.91. The highest BCUT2D eigenvalue weighted by Crippen LogP contribution is 2.33. The van der Waals surface area contributed by atoms with Crippen molar-refractivity contribution in [2.45, 2.75) is 50.8 Å². The molecule has 3 aromatic heterocycles. The van der Waals surface area contributed by atoms with Crippen LogP contribution in [0.25, 0.3) is 0 Å². The Morgan fingerprint density at radius 2 is 1.84 bits per heavy atom. The van der Waals surface area contributed by atoms with Gasteiger partial charge in [-0.05, 0) is 46.2 Å². The normalized spacial score (nSPS) is 10.9. The standard InChI is InChI=1S/C20H23N5O4S3/c1-6-28-18(27)16-12(4)13(5)32-17(16)23-14(26)8-31-20-25-24-15(29-20)9-30-19-21-10(2)7-11(3)22-19/h7H,6,8-9H2,1-5H3,(H,23,26). The fraction of sp³-hybridized carbons (Fsp3) is 0.400. The van der Waals surface area contributed by atoms with Crippen molar-refractivity contribution in [2.24, 2.45) is 0 Å². The van der Waals surface area contributed by atoms with E-state index in [4.69, 9.17) is 9.15 Å². The quantitative estimate of drug-likeness (QED) is 0.261. The van der Waals surface area contributed by atoms with Crippen LogP contribution in [0.15, 0.2) is 20.9 Å². The Bertz CT molecular complexity index is 1110. The Labute approximate surface area is 198 Å². The molecule has 0 saturated carbocycles. The van der Waals surface area contributed by atoms with Gasteiger partial charge in [-0.3, -0.25) is 4.79 Å². The lowest BCUT2D eigenvalue weighted by molar-refractivity contribution is -0.113. The number of aryl methyl sites for hydroxylation is 3. The number of ether oxygens (including phenoxy) is 1. The maximum atomic E-state index is 12.4. The van der Waals surface area contributed by atoms with Crippen molar-refractivity contribution >= 4 is 51.7 Å². The van der Waals surface area contributed by atoms with E-state index < -0.39 is 5.97 Å². The molecule has 0 saturated heterocycles. The molecular weight excluding hydrogens is 470 g/mol. The summed E-state index contributed by atoms with van der Waals surface area (Å²) in [6.07, 6.45) is 0. The van der Waals surface area contributed by atoms with Crippen molar-refractivity contribution in [2.75, 3.05) is 17.7 Å². The summed E-state index contributed by atoms with van der Waals surface area (Å²) in [7, 11) is 0. The fourth-order valence-corrected chi connectivity index (χ4v) is 5.12. The molecule has 0 unspecified atom stereocenters. The maximum absolute atomic E-state index is 12.4. The minimum atomic E-state index is -0.441. The van der Waals surface area contributed by atoms with Crippen LogP contribution >= 0.6 is 34.9 Å². The van der Waals surface area contributed by atoms with Crippen molar-refractivity contribution in [3.63, 3.8) is 0 Å². The lowest BCUT2D eigenvalue weighted by Crippen LogP contribution is -2.16. The maximum Gasteiger partial charge on any atom is 0.341 e. The number of nitrogens with one attached hydrogen (secondary N) is 1. The highest BCUT2D eigenvalue weighted by Gasteiger charge is 2.22. The van der Waals surface area contributed by atoms with Crippen LogP contribution in [-0.4, -0.2) is 44.4 Å². The molecule has 0 aromatic carbocycles. The number of hydrogen-bond donors (Lipinski definition) is 1. The summed E-state index contributed by atoms with van der Waals surface area (Å²) in [5, 5.41) is 12.2. The summed E-state index contributed by atoms with van der Waals surface area (Å²) in [5.74, 6) is 0.199. The van der Waals surface area contributed by atoms with Crippen LogP contribution in [0.2, 0.25) is 0 Å². The SMILES string of the molecule is CCOC(=O)c1c(NC(=O)CSc2nnc(CSc3nc(C)cc(C)n3)o2)sc(C)c1C. The first-order chi connectivity index (χ1) is 15.3. The number of thiophene rings is 1. The van der Waals surface area contributed by atoms with Gasteiger partial charge in [-0.15, -0.1) is 21.5 Å². The molecule has 0 aliphatic carbocycles. The van der Waals surface area contributed by atoms with Crippen LogP contribution in [0, 0.1) is 27.7 Å². The van der Waals surface area contributed by atoms with Gasteiger partial charge in [0.25, 0.3) is 5.22 Å². The Hall–Kier alpha value is -2.44. The Kier molecular flexibility index (Phi) is 8.26. The number of thioether (sulfide) groups is 2. The lowest BCUT2D eigenvalue weighted by atomic mass is 10.1. The highest BCUT2D eigenvalue weighted by molar-refractivity contribution is 7.99. The number of anilines is 1. The predicted octanol–water partition coefficient (Wildman–Crippen LogP) is 4.35. The van der Waals surface area contributed by atoms with Crippen LogP contribution in [0.4, 0.5) is 5.00 Å². The molecule has 9 nitrogen and oxygen atoms in total. The van der Waals surface area contributed by atoms with E-state index in [-0.39, 0.29) is 18.3 Å². The van der Waals surface area contributed by atoms with E-state index in [1.165, 1.54) is 23.1 Å². The monoisotopic (exact) mass is 493 g/mol. The Morgan fingerprint density at radius 3 is 2.53 bits per heavy atom. The van der Waals surface area contributed by atoms with Gasteiger partial charge in [-0.1, -0.05) is 23.5 Å². The average molecular weight is 494 g/mol. The van der Waals surface area contributed by atoms with Crippen molar-refractivity contribution in [1.82, 2.24) is 20.2 Å². The van der Waals surface area contributed by atoms with E-state index in [0.717, 1.165) is 33.6 Å². The molecule has 0 aliphatic rings. The molecule has 0 atom stereocenters. The van der Waals surface area contributed by atoms with E-state index in [0.29, 0.717) is 32.6 Å². The minimum absolute atomic E-state index is 0.0627. The molecule has 1 amide bonds. The molecule has 0 fully saturated rings. The van der Waals surface area contributed by atoms with Gasteiger partial charge in [0.1, 0.15) is 5.00 Å². The summed E-state index contributed by atoms with van der Waals surface area (Å²) < 4.78 is 10.7. The predicted molar refractivity (Wildman–Crippen MR) is 124 cm³/mol. The summed E-state index contributed by atoms with van der Waals surface area (Å²) in [5.41, 5.74) is 3.01. The van der Waals surface area contributed by atoms with E-state index in [1.807, 2.05) is 33.8 Å². The van der Waals surface area contributed by atoms with Crippen molar-refractivity contribution < 1.29 is 18.7 Å². The molecule has 3 aromatic rings. The van der Waals surface area contributed by atoms with Gasteiger partial charge in [-0.2, -0.15) is 0 Å². The topological polar surface area (TPSA) is 120 Å². The first-order valence-corrected chi connectivity index (χ1v) is 12.5. The third kappa shape index (κ3) is 6.30. The lowest BCUT2D eigenvalue weighted by Gasteiger charge is -2.06. The molecule has 1 N–H and O–H groups in total. The second kappa shape index (κ2) is 10.9. The fourth-order valence-electron chi connectivity index (χ4n) is 2.69. The van der Waals surface area contributed by atoms with Crippen LogP contribution in [0.5, 0.6) is 0 Å². The molecule has 32 heavy (non-hydrogen) atoms. The van der Waals surface area contributed by atoms with Crippen LogP contribution in [0.3, 0.4) is 0 Å². The molecule has 0 spiro atoms. The number of carbonyl (C=O) groups excluding carboxylic acids is 2. The molecular formula is C20H23N5O4S3. The van der Waals surface area contributed by atoms with Gasteiger partial charge in [-0.25, -0.2) is 14.8 Å². The number of aromatic nitrogens is 4. The zero-order chi connectivity index (χ0) is 23.3. The van der Waals surface area contributed by atoms with Gasteiger partial charge < -0.3 is 14.5 Å². The zero-order valence-electron chi connectivity index (χ0n) is 18.3. The third-order valence-corrected chi connectivity index (χ3v) is 6.95. The number of esters is 1. The highest BCUT2D eigenvalue weighted by atomic mass is 32.2. The third-order valence-electron chi connectivity index (χ3n) is 4.18. The van der Waals surface area contributed by atoms with Crippen molar-refractivity contribution in [1.29, 1.82) is 0 Å². The van der Waals surface area contributed by atoms with Crippen molar-refractivity contribution in [3.8, 4) is 0 Å². The number of rotatable bonds is 9. The number of hydrogen-bond acceptors (Lipinski definition) is 11. The summed E-state index contributed by atoms with van der Waals surface area (Å²) in [4.78, 5) is 34.4. The van der Waals surface area contributed by atoms with E-state index in [2.05, 4.69) is 25.5 Å². The molecule has 0 bridgehead atoms. The molecule has 0 radical (unpaired) electrons. The molecule has 170 valence electrons. The number of amides is 1. The van der Waals surface area contributed by atoms with E-state index >= 15 is 0 Å². The van der Waals surface area contributed by atoms with Crippen LogP contribution < -0.4 is 5.32 Å². The van der Waals surface area contributed by atoms with Crippen LogP contribution in [-0.2, 0) is 15.3 Å². The van der Waals surface area contributed by atoms with Gasteiger partial charge in [0.15, 0.2) is 5.16 Å². The van der Waals surface area contributed by atoms with Crippen LogP contribution in [0.1, 0.15) is 45.0 Å². The Morgan fingerprint density at radius 1 is 1.12 bits per heavy atom. The first kappa shape index (κ1) is 24.2. The van der Waals surface area contributed by atoms with Gasteiger partial charge >= 0.3 is 5.97 Å². The van der Waals surface area contributed by atoms with Gasteiger partial charge in [0.2, 0.25) is 11.8 Å². The summed E-state index contributed by atoms with van der Waals surface area (Å²) in [6.45, 7) is 9.58. The van der Waals surface area contributed by atoms with E-state index in [1.54, 1.807) is 6.92 Å². The van der Waals surface area contributed by atoms with Crippen molar-refractivity contribution in [3.05, 3.63) is 39.3 Å². The largest absolute Gasteiger partial charge is 0.462 e. The first-order valence-electron chi connectivity index (χ1n) is 9.74. The van der Waals surface area contributed by atoms with E-state index in [9.17, 15) is 9.59 Å². The van der Waals surface area contributed by atoms with Gasteiger partial charge in [0, 0.05) is 16.3 Å². The number of carbonyl (C=O) groups is 2. The molecule has 3 rings (SSSR count). The molecule has 3 heterocycles. The summed E-state index contributed by atoms with van der Waals surface area (Å²) >= 11 is 3.88. The second-order valence-electron chi connectivity index (χ2n) is 6.73. The Balaban J connectivity index is 1.54. The minimum Gasteiger partial charge on any atom is -0.462 e. The number of nitrogens with zero attached hydrogens (tertiary/aromatic N) is 4. The smallest absolute Gasteiger partial charge is 0.341 e. The molecule has 12 heteroatoms. The second-order valence-corrected chi connectivity index (χ2v) is 9.82. The average Bonchev–Trinajstić information content (AvgIpc) is 3.28.